The van der Waals surface area contributed by atoms with Crippen molar-refractivity contribution in [1.29, 1.82) is 0 Å². The van der Waals surface area contributed by atoms with E-state index >= 15 is 0 Å². The highest BCUT2D eigenvalue weighted by Crippen LogP contribution is 2.16. The highest BCUT2D eigenvalue weighted by molar-refractivity contribution is 7.80. The summed E-state index contributed by atoms with van der Waals surface area (Å²) in [4.78, 5) is 12.1. The van der Waals surface area contributed by atoms with Crippen LogP contribution in [0.3, 0.4) is 0 Å². The number of ether oxygens (including phenoxy) is 1. The third-order valence-electron chi connectivity index (χ3n) is 2.87. The molecule has 2 aromatic heterocycles. The molecule has 0 aliphatic carbocycles. The molecule has 0 atom stereocenters. The second-order valence-corrected chi connectivity index (χ2v) is 5.50. The number of nitrogens with one attached hydrogen (secondary N) is 2. The number of carbonyl (C=O) groups is 1. The fraction of sp³-hybridized carbons (Fsp3) is 0.400. The average molecular weight is 336 g/mol. The Labute approximate surface area is 140 Å². The maximum absolute atomic E-state index is 12.1. The first kappa shape index (κ1) is 17.0. The number of aromatic nitrogens is 2. The summed E-state index contributed by atoms with van der Waals surface area (Å²) in [5.41, 5.74) is 0.720. The molecule has 0 saturated heterocycles. The molecular weight excluding hydrogens is 316 g/mol. The summed E-state index contributed by atoms with van der Waals surface area (Å²) >= 11 is 5.24. The second kappa shape index (κ2) is 7.77. The lowest BCUT2D eigenvalue weighted by Gasteiger charge is -2.10. The number of esters is 1. The molecule has 2 N–H and O–H groups in total. The number of carbonyl (C=O) groups excluding carboxylic acids is 1. The molecule has 124 valence electrons. The topological polar surface area (TPSA) is 81.3 Å². The van der Waals surface area contributed by atoms with Gasteiger partial charge in [-0.2, -0.15) is 5.10 Å². The second-order valence-electron chi connectivity index (χ2n) is 5.09. The van der Waals surface area contributed by atoms with Gasteiger partial charge in [0.1, 0.15) is 5.76 Å². The van der Waals surface area contributed by atoms with Gasteiger partial charge in [0.15, 0.2) is 10.8 Å². The van der Waals surface area contributed by atoms with E-state index in [1.807, 2.05) is 13.0 Å². The minimum atomic E-state index is -0.483. The number of rotatable bonds is 6. The van der Waals surface area contributed by atoms with Gasteiger partial charge in [-0.15, -0.1) is 0 Å². The Morgan fingerprint density at radius 2 is 2.30 bits per heavy atom. The molecule has 0 aliphatic rings. The molecule has 0 amide bonds. The zero-order chi connectivity index (χ0) is 16.8. The maximum Gasteiger partial charge on any atom is 0.361 e. The molecule has 23 heavy (non-hydrogen) atoms. The van der Waals surface area contributed by atoms with Crippen molar-refractivity contribution in [3.05, 3.63) is 36.0 Å². The summed E-state index contributed by atoms with van der Waals surface area (Å²) in [7, 11) is 0. The van der Waals surface area contributed by atoms with Gasteiger partial charge in [0.25, 0.3) is 0 Å². The first-order chi connectivity index (χ1) is 11.0. The molecule has 0 saturated carbocycles. The van der Waals surface area contributed by atoms with Crippen LogP contribution in [-0.2, 0) is 17.8 Å². The summed E-state index contributed by atoms with van der Waals surface area (Å²) in [5.74, 6) is 0.279. The standard InChI is InChI=1S/C15H20N4O3S/c1-4-19-9-12(13(18-19)14(20)22-10(2)3)17-15(23)16-8-11-6-5-7-21-11/h5-7,9-10H,4,8H2,1-3H3,(H2,16,17,23). The molecule has 0 unspecified atom stereocenters. The van der Waals surface area contributed by atoms with E-state index in [4.69, 9.17) is 21.4 Å². The highest BCUT2D eigenvalue weighted by Gasteiger charge is 2.20. The molecular formula is C15H20N4O3S. The Bertz CT molecular complexity index is 664. The molecule has 0 radical (unpaired) electrons. The van der Waals surface area contributed by atoms with Gasteiger partial charge >= 0.3 is 5.97 Å². The van der Waals surface area contributed by atoms with Crippen molar-refractivity contribution >= 4 is 29.0 Å². The van der Waals surface area contributed by atoms with E-state index in [0.717, 1.165) is 5.76 Å². The molecule has 2 heterocycles. The lowest BCUT2D eigenvalue weighted by Crippen LogP contribution is -2.28. The third-order valence-corrected chi connectivity index (χ3v) is 3.12. The van der Waals surface area contributed by atoms with Crippen molar-refractivity contribution < 1.29 is 13.9 Å². The van der Waals surface area contributed by atoms with Crippen molar-refractivity contribution in [2.45, 2.75) is 40.0 Å². The van der Waals surface area contributed by atoms with Crippen LogP contribution in [0.1, 0.15) is 37.0 Å². The van der Waals surface area contributed by atoms with E-state index < -0.39 is 5.97 Å². The van der Waals surface area contributed by atoms with Crippen molar-refractivity contribution in [2.75, 3.05) is 5.32 Å². The minimum Gasteiger partial charge on any atom is -0.467 e. The fourth-order valence-corrected chi connectivity index (χ4v) is 2.02. The predicted molar refractivity (Wildman–Crippen MR) is 90.2 cm³/mol. The van der Waals surface area contributed by atoms with E-state index in [-0.39, 0.29) is 11.8 Å². The number of anilines is 1. The summed E-state index contributed by atoms with van der Waals surface area (Å²) in [5, 5.41) is 10.6. The number of hydrogen-bond donors (Lipinski definition) is 2. The monoisotopic (exact) mass is 336 g/mol. The molecule has 2 aromatic rings. The van der Waals surface area contributed by atoms with Crippen LogP contribution in [0.2, 0.25) is 0 Å². The Morgan fingerprint density at radius 1 is 1.52 bits per heavy atom. The predicted octanol–water partition coefficient (Wildman–Crippen LogP) is 2.55. The first-order valence-corrected chi connectivity index (χ1v) is 7.76. The quantitative estimate of drug-likeness (QED) is 0.620. The van der Waals surface area contributed by atoms with Gasteiger partial charge in [-0.25, -0.2) is 4.79 Å². The van der Waals surface area contributed by atoms with Gasteiger partial charge < -0.3 is 19.8 Å². The highest BCUT2D eigenvalue weighted by atomic mass is 32.1. The van der Waals surface area contributed by atoms with Crippen LogP contribution in [0.15, 0.2) is 29.0 Å². The molecule has 0 fully saturated rings. The summed E-state index contributed by atoms with van der Waals surface area (Å²) < 4.78 is 12.1. The average Bonchev–Trinajstić information content (AvgIpc) is 3.13. The smallest absolute Gasteiger partial charge is 0.361 e. The lowest BCUT2D eigenvalue weighted by molar-refractivity contribution is 0.0371. The van der Waals surface area contributed by atoms with E-state index in [9.17, 15) is 4.79 Å². The van der Waals surface area contributed by atoms with Crippen LogP contribution in [-0.4, -0.2) is 27.0 Å². The Morgan fingerprint density at radius 3 is 2.91 bits per heavy atom. The Kier molecular flexibility index (Phi) is 5.75. The van der Waals surface area contributed by atoms with Gasteiger partial charge in [0.05, 0.1) is 24.6 Å². The van der Waals surface area contributed by atoms with Gasteiger partial charge in [-0.3, -0.25) is 4.68 Å². The molecule has 0 bridgehead atoms. The van der Waals surface area contributed by atoms with Crippen molar-refractivity contribution in [3.63, 3.8) is 0 Å². The SMILES string of the molecule is CCn1cc(NC(=S)NCc2ccco2)c(C(=O)OC(C)C)n1. The number of hydrogen-bond acceptors (Lipinski definition) is 5. The molecule has 7 nitrogen and oxygen atoms in total. The van der Waals surface area contributed by atoms with E-state index in [2.05, 4.69) is 15.7 Å². The zero-order valence-electron chi connectivity index (χ0n) is 13.3. The largest absolute Gasteiger partial charge is 0.467 e. The van der Waals surface area contributed by atoms with E-state index in [1.165, 1.54) is 0 Å². The van der Waals surface area contributed by atoms with Crippen LogP contribution in [0.5, 0.6) is 0 Å². The molecule has 0 spiro atoms. The van der Waals surface area contributed by atoms with Gasteiger partial charge in [-0.05, 0) is 45.1 Å². The number of nitrogens with zero attached hydrogens (tertiary/aromatic N) is 2. The fourth-order valence-electron chi connectivity index (χ4n) is 1.84. The van der Waals surface area contributed by atoms with Crippen LogP contribution >= 0.6 is 12.2 Å². The van der Waals surface area contributed by atoms with Gasteiger partial charge in [-0.1, -0.05) is 0 Å². The van der Waals surface area contributed by atoms with Crippen LogP contribution in [0.25, 0.3) is 0 Å². The summed E-state index contributed by atoms with van der Waals surface area (Å²) in [6.45, 7) is 6.60. The summed E-state index contributed by atoms with van der Waals surface area (Å²) in [6, 6.07) is 3.65. The van der Waals surface area contributed by atoms with Crippen molar-refractivity contribution in [1.82, 2.24) is 15.1 Å². The van der Waals surface area contributed by atoms with Crippen LogP contribution < -0.4 is 10.6 Å². The molecule has 2 rings (SSSR count). The minimum absolute atomic E-state index is 0.211. The Balaban J connectivity index is 2.04. The number of aryl methyl sites for hydroxylation is 1. The zero-order valence-corrected chi connectivity index (χ0v) is 14.1. The van der Waals surface area contributed by atoms with Gasteiger partial charge in [0, 0.05) is 12.7 Å². The lowest BCUT2D eigenvalue weighted by atomic mass is 10.3. The molecule has 0 aromatic carbocycles. The normalized spacial score (nSPS) is 10.6. The maximum atomic E-state index is 12.1. The van der Waals surface area contributed by atoms with E-state index in [0.29, 0.717) is 23.9 Å². The number of thiocarbonyl (C=S) groups is 1. The van der Waals surface area contributed by atoms with Gasteiger partial charge in [0.2, 0.25) is 0 Å². The van der Waals surface area contributed by atoms with E-state index in [1.54, 1.807) is 37.1 Å². The van der Waals surface area contributed by atoms with Crippen molar-refractivity contribution in [2.24, 2.45) is 0 Å². The Hall–Kier alpha value is -2.35. The molecule has 0 aliphatic heterocycles. The number of furan rings is 1. The third kappa shape index (κ3) is 4.82. The van der Waals surface area contributed by atoms with Crippen LogP contribution in [0.4, 0.5) is 5.69 Å². The van der Waals surface area contributed by atoms with Crippen LogP contribution in [0, 0.1) is 0 Å². The first-order valence-electron chi connectivity index (χ1n) is 7.35. The van der Waals surface area contributed by atoms with Crippen molar-refractivity contribution in [3.8, 4) is 0 Å². The molecule has 8 heteroatoms. The summed E-state index contributed by atoms with van der Waals surface area (Å²) in [6.07, 6.45) is 3.10.